The van der Waals surface area contributed by atoms with Gasteiger partial charge in [-0.05, 0) is 12.8 Å². The molecule has 4 nitrogen and oxygen atoms in total. The van der Waals surface area contributed by atoms with Crippen molar-refractivity contribution >= 4 is 11.9 Å². The van der Waals surface area contributed by atoms with Crippen LogP contribution in [0.5, 0.6) is 0 Å². The van der Waals surface area contributed by atoms with E-state index in [0.29, 0.717) is 13.2 Å². The highest BCUT2D eigenvalue weighted by molar-refractivity contribution is 5.77. The Kier molecular flexibility index (Phi) is 19.4. The van der Waals surface area contributed by atoms with E-state index in [4.69, 9.17) is 9.47 Å². The zero-order valence-corrected chi connectivity index (χ0v) is 17.4. The average molecular weight is 371 g/mol. The van der Waals surface area contributed by atoms with Gasteiger partial charge in [-0.3, -0.25) is 9.59 Å². The first kappa shape index (κ1) is 24.9. The zero-order chi connectivity index (χ0) is 19.3. The molecule has 26 heavy (non-hydrogen) atoms. The van der Waals surface area contributed by atoms with Crippen LogP contribution in [0.4, 0.5) is 0 Å². The molecular weight excluding hydrogens is 328 g/mol. The van der Waals surface area contributed by atoms with E-state index in [-0.39, 0.29) is 24.8 Å². The summed E-state index contributed by atoms with van der Waals surface area (Å²) in [7, 11) is 0. The Morgan fingerprint density at radius 3 is 1.15 bits per heavy atom. The zero-order valence-electron chi connectivity index (χ0n) is 17.4. The normalized spacial score (nSPS) is 10.7. The largest absolute Gasteiger partial charge is 0.466 e. The van der Waals surface area contributed by atoms with Crippen LogP contribution in [0.3, 0.4) is 0 Å². The fourth-order valence-corrected chi connectivity index (χ4v) is 2.84. The summed E-state index contributed by atoms with van der Waals surface area (Å²) in [6.07, 6.45) is 17.0. The number of unbranched alkanes of at least 4 members (excludes halogenated alkanes) is 12. The number of rotatable bonds is 19. The molecule has 0 aromatic carbocycles. The van der Waals surface area contributed by atoms with Crippen molar-refractivity contribution in [2.75, 3.05) is 13.2 Å². The Morgan fingerprint density at radius 2 is 0.808 bits per heavy atom. The lowest BCUT2D eigenvalue weighted by Crippen LogP contribution is -2.11. The number of carbonyl (C=O) groups excluding carboxylic acids is 2. The lowest BCUT2D eigenvalue weighted by atomic mass is 10.1. The molecule has 4 heteroatoms. The second-order valence-corrected chi connectivity index (χ2v) is 7.18. The first-order chi connectivity index (χ1) is 12.7. The van der Waals surface area contributed by atoms with Gasteiger partial charge in [-0.15, -0.1) is 0 Å². The van der Waals surface area contributed by atoms with Crippen LogP contribution in [0.15, 0.2) is 0 Å². The number of ether oxygens (including phenoxy) is 2. The van der Waals surface area contributed by atoms with Crippen molar-refractivity contribution in [3.8, 4) is 0 Å². The Bertz CT molecular complexity index is 328. The fraction of sp³-hybridized carbons (Fsp3) is 0.909. The maximum absolute atomic E-state index is 11.6. The smallest absolute Gasteiger partial charge is 0.306 e. The van der Waals surface area contributed by atoms with Gasteiger partial charge in [-0.25, -0.2) is 0 Å². The first-order valence-electron chi connectivity index (χ1n) is 11.0. The molecule has 0 spiro atoms. The highest BCUT2D eigenvalue weighted by Crippen LogP contribution is 2.09. The number of carbonyl (C=O) groups is 2. The topological polar surface area (TPSA) is 52.6 Å². The molecule has 0 N–H and O–H groups in total. The molecule has 0 aromatic heterocycles. The molecular formula is C22H42O4. The number of hydrogen-bond acceptors (Lipinski definition) is 4. The van der Waals surface area contributed by atoms with E-state index in [0.717, 1.165) is 25.7 Å². The molecule has 0 saturated heterocycles. The van der Waals surface area contributed by atoms with Crippen LogP contribution in [0.1, 0.15) is 117 Å². The van der Waals surface area contributed by atoms with Gasteiger partial charge < -0.3 is 9.47 Å². The van der Waals surface area contributed by atoms with E-state index in [9.17, 15) is 9.59 Å². The van der Waals surface area contributed by atoms with Gasteiger partial charge in [-0.2, -0.15) is 0 Å². The lowest BCUT2D eigenvalue weighted by Gasteiger charge is -2.06. The average Bonchev–Trinajstić information content (AvgIpc) is 2.64. The fourth-order valence-electron chi connectivity index (χ4n) is 2.84. The number of hydrogen-bond donors (Lipinski definition) is 0. The van der Waals surface area contributed by atoms with Crippen LogP contribution in [-0.2, 0) is 19.1 Å². The predicted molar refractivity (Wildman–Crippen MR) is 107 cm³/mol. The summed E-state index contributed by atoms with van der Waals surface area (Å²) >= 11 is 0. The molecule has 0 atom stereocenters. The van der Waals surface area contributed by atoms with Gasteiger partial charge in [0.1, 0.15) is 0 Å². The van der Waals surface area contributed by atoms with Gasteiger partial charge in [0.25, 0.3) is 0 Å². The van der Waals surface area contributed by atoms with E-state index in [1.54, 1.807) is 0 Å². The van der Waals surface area contributed by atoms with Crippen LogP contribution >= 0.6 is 0 Å². The van der Waals surface area contributed by atoms with Gasteiger partial charge in [0.2, 0.25) is 0 Å². The lowest BCUT2D eigenvalue weighted by molar-refractivity contribution is -0.150. The molecule has 0 aromatic rings. The maximum atomic E-state index is 11.6. The third-order valence-electron chi connectivity index (χ3n) is 4.56. The standard InChI is InChI=1S/C22H42O4/c1-3-5-7-9-11-12-14-16-20-26-22(24)18-17-21(23)25-19-15-13-10-8-6-4-2/h3-20H2,1-2H3. The van der Waals surface area contributed by atoms with Crippen molar-refractivity contribution in [1.29, 1.82) is 0 Å². The van der Waals surface area contributed by atoms with E-state index in [1.165, 1.54) is 64.2 Å². The first-order valence-corrected chi connectivity index (χ1v) is 11.0. The predicted octanol–water partition coefficient (Wildman–Crippen LogP) is 6.35. The Balaban J connectivity index is 3.32. The summed E-state index contributed by atoms with van der Waals surface area (Å²) in [4.78, 5) is 23.2. The molecule has 0 radical (unpaired) electrons. The molecule has 0 saturated carbocycles. The minimum atomic E-state index is -0.289. The molecule has 0 aliphatic rings. The number of esters is 2. The molecule has 0 aliphatic heterocycles. The van der Waals surface area contributed by atoms with Crippen molar-refractivity contribution in [2.24, 2.45) is 0 Å². The molecule has 0 heterocycles. The van der Waals surface area contributed by atoms with Crippen LogP contribution in [0, 0.1) is 0 Å². The Hall–Kier alpha value is -1.06. The summed E-state index contributed by atoms with van der Waals surface area (Å²) in [5.41, 5.74) is 0. The molecule has 0 aliphatic carbocycles. The van der Waals surface area contributed by atoms with Crippen molar-refractivity contribution in [3.05, 3.63) is 0 Å². The minimum Gasteiger partial charge on any atom is -0.466 e. The SMILES string of the molecule is CCCCCCCCCCOC(=O)CCC(=O)OCCCCCCCC. The molecule has 154 valence electrons. The van der Waals surface area contributed by atoms with Crippen molar-refractivity contribution in [2.45, 2.75) is 117 Å². The minimum absolute atomic E-state index is 0.131. The molecule has 0 rings (SSSR count). The van der Waals surface area contributed by atoms with E-state index < -0.39 is 0 Å². The van der Waals surface area contributed by atoms with Gasteiger partial charge >= 0.3 is 11.9 Å². The van der Waals surface area contributed by atoms with Crippen LogP contribution in [-0.4, -0.2) is 25.2 Å². The Labute approximate surface area is 161 Å². The van der Waals surface area contributed by atoms with Crippen LogP contribution in [0.25, 0.3) is 0 Å². The van der Waals surface area contributed by atoms with Crippen molar-refractivity contribution < 1.29 is 19.1 Å². The third-order valence-corrected chi connectivity index (χ3v) is 4.56. The molecule has 0 bridgehead atoms. The second kappa shape index (κ2) is 20.3. The van der Waals surface area contributed by atoms with Crippen molar-refractivity contribution in [1.82, 2.24) is 0 Å². The summed E-state index contributed by atoms with van der Waals surface area (Å²) in [5, 5.41) is 0. The molecule has 0 amide bonds. The monoisotopic (exact) mass is 370 g/mol. The highest BCUT2D eigenvalue weighted by Gasteiger charge is 2.09. The molecule has 0 fully saturated rings. The summed E-state index contributed by atoms with van der Waals surface area (Å²) in [5.74, 6) is -0.577. The van der Waals surface area contributed by atoms with Crippen molar-refractivity contribution in [3.63, 3.8) is 0 Å². The van der Waals surface area contributed by atoms with Crippen LogP contribution in [0.2, 0.25) is 0 Å². The Morgan fingerprint density at radius 1 is 0.500 bits per heavy atom. The quantitative estimate of drug-likeness (QED) is 0.196. The maximum Gasteiger partial charge on any atom is 0.306 e. The second-order valence-electron chi connectivity index (χ2n) is 7.18. The van der Waals surface area contributed by atoms with Gasteiger partial charge in [0.15, 0.2) is 0 Å². The third kappa shape index (κ3) is 19.3. The summed E-state index contributed by atoms with van der Waals surface area (Å²) in [6, 6.07) is 0. The highest BCUT2D eigenvalue weighted by atomic mass is 16.5. The van der Waals surface area contributed by atoms with Gasteiger partial charge in [0, 0.05) is 0 Å². The van der Waals surface area contributed by atoms with Crippen LogP contribution < -0.4 is 0 Å². The van der Waals surface area contributed by atoms with E-state index in [2.05, 4.69) is 13.8 Å². The van der Waals surface area contributed by atoms with E-state index >= 15 is 0 Å². The van der Waals surface area contributed by atoms with E-state index in [1.807, 2.05) is 0 Å². The van der Waals surface area contributed by atoms with Gasteiger partial charge in [0.05, 0.1) is 26.1 Å². The molecule has 0 unspecified atom stereocenters. The van der Waals surface area contributed by atoms with Gasteiger partial charge in [-0.1, -0.05) is 90.9 Å². The summed E-state index contributed by atoms with van der Waals surface area (Å²) in [6.45, 7) is 5.37. The summed E-state index contributed by atoms with van der Waals surface area (Å²) < 4.78 is 10.3.